The molecule has 0 aliphatic carbocycles. The Labute approximate surface area is 241 Å². The van der Waals surface area contributed by atoms with Crippen LogP contribution < -0.4 is 14.4 Å². The van der Waals surface area contributed by atoms with Crippen molar-refractivity contribution in [1.29, 1.82) is 0 Å². The maximum atomic E-state index is 11.4. The predicted octanol–water partition coefficient (Wildman–Crippen LogP) is 7.29. The van der Waals surface area contributed by atoms with Crippen LogP contribution in [0.2, 0.25) is 0 Å². The molecular weight excluding hydrogens is 512 g/mol. The zero-order valence-electron chi connectivity index (χ0n) is 23.5. The molecule has 0 N–H and O–H groups in total. The van der Waals surface area contributed by atoms with E-state index in [2.05, 4.69) is 85.6 Å². The van der Waals surface area contributed by atoms with Gasteiger partial charge in [0.25, 0.3) is 0 Å². The van der Waals surface area contributed by atoms with Crippen LogP contribution in [0.3, 0.4) is 0 Å². The van der Waals surface area contributed by atoms with Crippen molar-refractivity contribution in [2.24, 2.45) is 0 Å². The normalized spacial score (nSPS) is 10.6. The molecule has 0 radical (unpaired) electrons. The van der Waals surface area contributed by atoms with Crippen LogP contribution in [-0.2, 0) is 9.59 Å². The van der Waals surface area contributed by atoms with E-state index in [9.17, 15) is 9.59 Å². The summed E-state index contributed by atoms with van der Waals surface area (Å²) in [6.07, 6.45) is 3.30. The zero-order valence-corrected chi connectivity index (χ0v) is 23.5. The summed E-state index contributed by atoms with van der Waals surface area (Å²) < 4.78 is 10.4. The van der Waals surface area contributed by atoms with Gasteiger partial charge in [-0.3, -0.25) is 0 Å². The lowest BCUT2D eigenvalue weighted by atomic mass is 10.0. The van der Waals surface area contributed by atoms with E-state index in [0.717, 1.165) is 65.3 Å². The highest BCUT2D eigenvalue weighted by atomic mass is 16.5. The minimum absolute atomic E-state index is 0.478. The average molecular weight is 547 g/mol. The summed E-state index contributed by atoms with van der Waals surface area (Å²) in [4.78, 5) is 27.4. The van der Waals surface area contributed by atoms with Crippen LogP contribution in [-0.4, -0.2) is 44.0 Å². The third-order valence-electron chi connectivity index (χ3n) is 6.49. The number of anilines is 2. The van der Waals surface area contributed by atoms with E-state index in [-0.39, 0.29) is 0 Å². The highest BCUT2D eigenvalue weighted by Gasteiger charge is 2.11. The molecule has 0 aliphatic heterocycles. The highest BCUT2D eigenvalue weighted by Crippen LogP contribution is 2.31. The largest absolute Gasteiger partial charge is 0.423 e. The molecule has 0 amide bonds. The van der Waals surface area contributed by atoms with Crippen molar-refractivity contribution in [2.75, 3.05) is 32.1 Å². The van der Waals surface area contributed by atoms with Crippen molar-refractivity contribution in [3.05, 3.63) is 122 Å². The number of nitrogens with zero attached hydrogens (tertiary/aromatic N) is 2. The molecule has 4 aromatic carbocycles. The minimum Gasteiger partial charge on any atom is -0.423 e. The molecule has 41 heavy (non-hydrogen) atoms. The second-order valence-corrected chi connectivity index (χ2v) is 9.70. The van der Waals surface area contributed by atoms with Crippen molar-refractivity contribution in [2.45, 2.75) is 6.42 Å². The molecule has 0 unspecified atom stereocenters. The van der Waals surface area contributed by atoms with Crippen LogP contribution in [0.1, 0.15) is 6.42 Å². The van der Waals surface area contributed by atoms with Crippen molar-refractivity contribution in [3.63, 3.8) is 0 Å². The van der Waals surface area contributed by atoms with E-state index in [1.807, 2.05) is 24.3 Å². The first-order valence-corrected chi connectivity index (χ1v) is 13.4. The summed E-state index contributed by atoms with van der Waals surface area (Å²) in [5.41, 5.74) is 6.41. The first-order valence-electron chi connectivity index (χ1n) is 13.4. The van der Waals surface area contributed by atoms with Gasteiger partial charge in [-0.1, -0.05) is 61.7 Å². The SMILES string of the molecule is C=CC(=O)Oc1ccc(-c2ccc(N(CCCN(C)C)c3ccc(-c4ccc(OC(=O)C=C)cc4)cc3)cc2)cc1. The van der Waals surface area contributed by atoms with E-state index in [1.165, 1.54) is 0 Å². The Hall–Kier alpha value is -4.94. The van der Waals surface area contributed by atoms with Gasteiger partial charge in [0.05, 0.1) is 0 Å². The highest BCUT2D eigenvalue weighted by molar-refractivity contribution is 5.84. The molecule has 0 spiro atoms. The van der Waals surface area contributed by atoms with Crippen LogP contribution in [0.25, 0.3) is 22.3 Å². The van der Waals surface area contributed by atoms with Gasteiger partial charge in [0, 0.05) is 30.1 Å². The quantitative estimate of drug-likeness (QED) is 0.106. The van der Waals surface area contributed by atoms with Crippen LogP contribution in [0, 0.1) is 0 Å². The molecular formula is C35H34N2O4. The van der Waals surface area contributed by atoms with Gasteiger partial charge < -0.3 is 19.3 Å². The molecule has 6 nitrogen and oxygen atoms in total. The first-order chi connectivity index (χ1) is 19.9. The van der Waals surface area contributed by atoms with Crippen molar-refractivity contribution >= 4 is 23.3 Å². The van der Waals surface area contributed by atoms with Gasteiger partial charge in [-0.15, -0.1) is 0 Å². The van der Waals surface area contributed by atoms with Crippen molar-refractivity contribution in [1.82, 2.24) is 4.90 Å². The number of hydrogen-bond acceptors (Lipinski definition) is 6. The lowest BCUT2D eigenvalue weighted by Crippen LogP contribution is -2.23. The third kappa shape index (κ3) is 8.03. The van der Waals surface area contributed by atoms with Crippen LogP contribution in [0.5, 0.6) is 11.5 Å². The minimum atomic E-state index is -0.478. The van der Waals surface area contributed by atoms with Gasteiger partial charge in [0.2, 0.25) is 0 Å². The summed E-state index contributed by atoms with van der Waals surface area (Å²) in [5.74, 6) is 0.0126. The Morgan fingerprint density at radius 3 is 1.24 bits per heavy atom. The second kappa shape index (κ2) is 13.9. The molecule has 0 heterocycles. The summed E-state index contributed by atoms with van der Waals surface area (Å²) in [5, 5.41) is 0. The number of ether oxygens (including phenoxy) is 2. The van der Waals surface area contributed by atoms with Gasteiger partial charge in [0.15, 0.2) is 0 Å². The summed E-state index contributed by atoms with van der Waals surface area (Å²) in [6.45, 7) is 8.70. The number of hydrogen-bond donors (Lipinski definition) is 0. The van der Waals surface area contributed by atoms with Crippen molar-refractivity contribution < 1.29 is 19.1 Å². The maximum Gasteiger partial charge on any atom is 0.335 e. The fourth-order valence-corrected chi connectivity index (χ4v) is 4.37. The molecule has 0 atom stereocenters. The van der Waals surface area contributed by atoms with E-state index in [4.69, 9.17) is 9.47 Å². The molecule has 0 fully saturated rings. The monoisotopic (exact) mass is 546 g/mol. The molecule has 0 aliphatic rings. The smallest absolute Gasteiger partial charge is 0.335 e. The number of benzene rings is 4. The van der Waals surface area contributed by atoms with Gasteiger partial charge in [-0.25, -0.2) is 9.59 Å². The fourth-order valence-electron chi connectivity index (χ4n) is 4.37. The fraction of sp³-hybridized carbons (Fsp3) is 0.143. The molecule has 4 aromatic rings. The van der Waals surface area contributed by atoms with Gasteiger partial charge >= 0.3 is 11.9 Å². The standard InChI is InChI=1S/C35H34N2O4/c1-5-34(38)40-32-20-12-28(13-21-32)26-8-16-30(17-9-26)37(25-7-24-36(3)4)31-18-10-27(11-19-31)29-14-22-33(23-15-29)41-35(39)6-2/h5-6,8-23H,1-2,7,24-25H2,3-4H3. The van der Waals surface area contributed by atoms with E-state index >= 15 is 0 Å². The number of esters is 2. The van der Waals surface area contributed by atoms with Gasteiger partial charge in [-0.05, 0) is 97.8 Å². The Morgan fingerprint density at radius 2 is 0.927 bits per heavy atom. The van der Waals surface area contributed by atoms with Gasteiger partial charge in [-0.2, -0.15) is 0 Å². The molecule has 208 valence electrons. The molecule has 6 heteroatoms. The number of rotatable bonds is 12. The summed E-state index contributed by atoms with van der Waals surface area (Å²) in [6, 6.07) is 31.8. The first kappa shape index (κ1) is 29.1. The molecule has 4 rings (SSSR count). The summed E-state index contributed by atoms with van der Waals surface area (Å²) >= 11 is 0. The number of carbonyl (C=O) groups is 2. The molecule has 0 bridgehead atoms. The van der Waals surface area contributed by atoms with E-state index in [1.54, 1.807) is 24.3 Å². The maximum absolute atomic E-state index is 11.4. The zero-order chi connectivity index (χ0) is 29.2. The van der Waals surface area contributed by atoms with E-state index in [0.29, 0.717) is 11.5 Å². The lowest BCUT2D eigenvalue weighted by molar-refractivity contribution is -0.129. The van der Waals surface area contributed by atoms with Crippen LogP contribution >= 0.6 is 0 Å². The Balaban J connectivity index is 1.52. The van der Waals surface area contributed by atoms with E-state index < -0.39 is 11.9 Å². The van der Waals surface area contributed by atoms with Crippen LogP contribution in [0.15, 0.2) is 122 Å². The summed E-state index contributed by atoms with van der Waals surface area (Å²) in [7, 11) is 4.17. The molecule has 0 aromatic heterocycles. The third-order valence-corrected chi connectivity index (χ3v) is 6.49. The number of carbonyl (C=O) groups excluding carboxylic acids is 2. The second-order valence-electron chi connectivity index (χ2n) is 9.70. The van der Waals surface area contributed by atoms with Crippen molar-refractivity contribution in [3.8, 4) is 33.8 Å². The lowest BCUT2D eigenvalue weighted by Gasteiger charge is -2.26. The Kier molecular flexibility index (Phi) is 9.86. The van der Waals surface area contributed by atoms with Crippen LogP contribution in [0.4, 0.5) is 11.4 Å². The van der Waals surface area contributed by atoms with Gasteiger partial charge in [0.1, 0.15) is 11.5 Å². The Morgan fingerprint density at radius 1 is 0.585 bits per heavy atom. The topological polar surface area (TPSA) is 59.1 Å². The molecule has 0 saturated heterocycles. The average Bonchev–Trinajstić information content (AvgIpc) is 3.00. The predicted molar refractivity (Wildman–Crippen MR) is 166 cm³/mol. The Bertz CT molecular complexity index is 1360. The molecule has 0 saturated carbocycles.